The summed E-state index contributed by atoms with van der Waals surface area (Å²) in [4.78, 5) is 0.308. The molecular formula is C14H12Cl2N2S. The van der Waals surface area contributed by atoms with Crippen molar-refractivity contribution < 1.29 is 0 Å². The highest BCUT2D eigenvalue weighted by Gasteiger charge is 2.08. The molecule has 0 atom stereocenters. The second-order valence-electron chi connectivity index (χ2n) is 4.16. The van der Waals surface area contributed by atoms with Crippen LogP contribution in [0, 0.1) is 6.92 Å². The molecule has 0 aliphatic carbocycles. The molecule has 0 aliphatic heterocycles. The summed E-state index contributed by atoms with van der Waals surface area (Å²) < 4.78 is 0. The first-order valence-corrected chi connectivity index (χ1v) is 6.76. The normalized spacial score (nSPS) is 10.3. The fraction of sp³-hybridized carbons (Fsp3) is 0.0714. The van der Waals surface area contributed by atoms with Crippen LogP contribution in [0.15, 0.2) is 36.4 Å². The van der Waals surface area contributed by atoms with Crippen molar-refractivity contribution in [3.8, 4) is 0 Å². The van der Waals surface area contributed by atoms with Crippen molar-refractivity contribution in [2.45, 2.75) is 6.92 Å². The van der Waals surface area contributed by atoms with E-state index in [4.69, 9.17) is 41.2 Å². The van der Waals surface area contributed by atoms with Gasteiger partial charge in [-0.05, 0) is 42.8 Å². The Kier molecular flexibility index (Phi) is 4.30. The van der Waals surface area contributed by atoms with Crippen molar-refractivity contribution in [1.82, 2.24) is 0 Å². The molecule has 0 radical (unpaired) electrons. The van der Waals surface area contributed by atoms with E-state index in [9.17, 15) is 0 Å². The lowest BCUT2D eigenvalue weighted by Gasteiger charge is -2.13. The summed E-state index contributed by atoms with van der Waals surface area (Å²) in [7, 11) is 0. The second-order valence-corrected chi connectivity index (χ2v) is 5.45. The molecule has 0 aliphatic rings. The second kappa shape index (κ2) is 5.78. The van der Waals surface area contributed by atoms with E-state index in [1.165, 1.54) is 0 Å². The summed E-state index contributed by atoms with van der Waals surface area (Å²) >= 11 is 17.2. The monoisotopic (exact) mass is 310 g/mol. The number of thiocarbonyl (C=S) groups is 1. The molecule has 0 heterocycles. The smallest absolute Gasteiger partial charge is 0.106 e. The quantitative estimate of drug-likeness (QED) is 0.808. The Morgan fingerprint density at radius 2 is 1.84 bits per heavy atom. The van der Waals surface area contributed by atoms with Crippen LogP contribution in [0.2, 0.25) is 10.0 Å². The number of halogens is 2. The molecule has 0 amide bonds. The summed E-state index contributed by atoms with van der Waals surface area (Å²) in [6, 6.07) is 11.1. The zero-order valence-corrected chi connectivity index (χ0v) is 12.5. The maximum atomic E-state index is 6.19. The molecule has 19 heavy (non-hydrogen) atoms. The first-order chi connectivity index (χ1) is 8.97. The maximum absolute atomic E-state index is 6.19. The molecule has 0 saturated heterocycles. The zero-order valence-electron chi connectivity index (χ0n) is 10.2. The van der Waals surface area contributed by atoms with Crippen LogP contribution in [0.5, 0.6) is 0 Å². The van der Waals surface area contributed by atoms with Crippen molar-refractivity contribution in [3.05, 3.63) is 57.6 Å². The van der Waals surface area contributed by atoms with Gasteiger partial charge in [-0.25, -0.2) is 0 Å². The number of aryl methyl sites for hydroxylation is 1. The molecule has 0 saturated carbocycles. The van der Waals surface area contributed by atoms with Gasteiger partial charge in [0.1, 0.15) is 4.99 Å². The Hall–Kier alpha value is -1.29. The van der Waals surface area contributed by atoms with E-state index >= 15 is 0 Å². The molecule has 0 fully saturated rings. The number of anilines is 2. The van der Waals surface area contributed by atoms with Gasteiger partial charge in [-0.1, -0.05) is 41.5 Å². The lowest BCUT2D eigenvalue weighted by atomic mass is 10.1. The number of rotatable bonds is 3. The summed E-state index contributed by atoms with van der Waals surface area (Å²) in [5.74, 6) is 0. The van der Waals surface area contributed by atoms with Gasteiger partial charge in [0.05, 0.1) is 16.4 Å². The fourth-order valence-electron chi connectivity index (χ4n) is 1.70. The third kappa shape index (κ3) is 3.38. The van der Waals surface area contributed by atoms with E-state index in [1.807, 2.05) is 25.1 Å². The van der Waals surface area contributed by atoms with Crippen molar-refractivity contribution in [1.29, 1.82) is 0 Å². The molecule has 2 nitrogen and oxygen atoms in total. The van der Waals surface area contributed by atoms with Crippen LogP contribution in [0.4, 0.5) is 11.4 Å². The molecule has 0 unspecified atom stereocenters. The van der Waals surface area contributed by atoms with Crippen LogP contribution in [0.1, 0.15) is 11.1 Å². The topological polar surface area (TPSA) is 38.0 Å². The minimum absolute atomic E-state index is 0.308. The Morgan fingerprint density at radius 1 is 1.11 bits per heavy atom. The molecule has 98 valence electrons. The van der Waals surface area contributed by atoms with Gasteiger partial charge in [0.25, 0.3) is 0 Å². The first kappa shape index (κ1) is 14.1. The SMILES string of the molecule is Cc1ccc(Nc2cc(Cl)ccc2C(N)=S)c(Cl)c1. The highest BCUT2D eigenvalue weighted by atomic mass is 35.5. The summed E-state index contributed by atoms with van der Waals surface area (Å²) in [6.45, 7) is 1.98. The molecule has 2 aromatic rings. The molecule has 0 bridgehead atoms. The standard InChI is InChI=1S/C14H12Cl2N2S/c1-8-2-5-12(11(16)6-8)18-13-7-9(15)3-4-10(13)14(17)19/h2-7,18H,1H3,(H2,17,19). The van der Waals surface area contributed by atoms with Gasteiger partial charge in [-0.3, -0.25) is 0 Å². The van der Waals surface area contributed by atoms with E-state index < -0.39 is 0 Å². The van der Waals surface area contributed by atoms with Crippen LogP contribution in [-0.4, -0.2) is 4.99 Å². The summed E-state index contributed by atoms with van der Waals surface area (Å²) in [5.41, 5.74) is 9.05. The number of benzene rings is 2. The molecule has 5 heteroatoms. The molecule has 0 aromatic heterocycles. The Bertz CT molecular complexity index is 641. The van der Waals surface area contributed by atoms with E-state index in [0.717, 1.165) is 22.5 Å². The lowest BCUT2D eigenvalue weighted by Crippen LogP contribution is -2.11. The Morgan fingerprint density at radius 3 is 2.47 bits per heavy atom. The first-order valence-electron chi connectivity index (χ1n) is 5.60. The van der Waals surface area contributed by atoms with E-state index in [0.29, 0.717) is 15.0 Å². The predicted molar refractivity (Wildman–Crippen MR) is 86.8 cm³/mol. The predicted octanol–water partition coefficient (Wildman–Crippen LogP) is 4.68. The van der Waals surface area contributed by atoms with Crippen LogP contribution in [0.25, 0.3) is 0 Å². The Labute approximate surface area is 127 Å². The maximum Gasteiger partial charge on any atom is 0.106 e. The fourth-order valence-corrected chi connectivity index (χ4v) is 2.33. The van der Waals surface area contributed by atoms with E-state index in [2.05, 4.69) is 5.32 Å². The highest BCUT2D eigenvalue weighted by molar-refractivity contribution is 7.80. The molecule has 2 aromatic carbocycles. The highest BCUT2D eigenvalue weighted by Crippen LogP contribution is 2.29. The van der Waals surface area contributed by atoms with Gasteiger partial charge in [0.15, 0.2) is 0 Å². The third-order valence-corrected chi connectivity index (χ3v) is 3.41. The van der Waals surface area contributed by atoms with Crippen LogP contribution < -0.4 is 11.1 Å². The molecule has 3 N–H and O–H groups in total. The molecule has 0 spiro atoms. The number of nitrogens with one attached hydrogen (secondary N) is 1. The third-order valence-electron chi connectivity index (χ3n) is 2.64. The van der Waals surface area contributed by atoms with Crippen LogP contribution in [0.3, 0.4) is 0 Å². The Balaban J connectivity index is 2.42. The van der Waals surface area contributed by atoms with Gasteiger partial charge in [0, 0.05) is 10.6 Å². The summed E-state index contributed by atoms with van der Waals surface area (Å²) in [5, 5.41) is 4.44. The average molecular weight is 311 g/mol. The van der Waals surface area contributed by atoms with Crippen molar-refractivity contribution in [3.63, 3.8) is 0 Å². The van der Waals surface area contributed by atoms with Gasteiger partial charge in [-0.15, -0.1) is 0 Å². The van der Waals surface area contributed by atoms with E-state index in [-0.39, 0.29) is 0 Å². The van der Waals surface area contributed by atoms with Crippen molar-refractivity contribution in [2.24, 2.45) is 5.73 Å². The van der Waals surface area contributed by atoms with Gasteiger partial charge < -0.3 is 11.1 Å². The van der Waals surface area contributed by atoms with E-state index in [1.54, 1.807) is 18.2 Å². The van der Waals surface area contributed by atoms with Gasteiger partial charge in [0.2, 0.25) is 0 Å². The number of hydrogen-bond acceptors (Lipinski definition) is 2. The van der Waals surface area contributed by atoms with Crippen LogP contribution in [-0.2, 0) is 0 Å². The molecular weight excluding hydrogens is 299 g/mol. The minimum atomic E-state index is 0.308. The molecule has 2 rings (SSSR count). The van der Waals surface area contributed by atoms with Crippen molar-refractivity contribution in [2.75, 3.05) is 5.32 Å². The largest absolute Gasteiger partial charge is 0.389 e. The number of hydrogen-bond donors (Lipinski definition) is 2. The van der Waals surface area contributed by atoms with Gasteiger partial charge in [-0.2, -0.15) is 0 Å². The van der Waals surface area contributed by atoms with Gasteiger partial charge >= 0.3 is 0 Å². The lowest BCUT2D eigenvalue weighted by molar-refractivity contribution is 1.45. The number of nitrogens with two attached hydrogens (primary N) is 1. The zero-order chi connectivity index (χ0) is 14.0. The van der Waals surface area contributed by atoms with Crippen LogP contribution >= 0.6 is 35.4 Å². The average Bonchev–Trinajstić information content (AvgIpc) is 2.32. The minimum Gasteiger partial charge on any atom is -0.389 e. The summed E-state index contributed by atoms with van der Waals surface area (Å²) in [6.07, 6.45) is 0. The van der Waals surface area contributed by atoms with Crippen molar-refractivity contribution >= 4 is 51.8 Å².